The van der Waals surface area contributed by atoms with Gasteiger partial charge in [-0.15, -0.1) is 5.26 Å². The Bertz CT molecular complexity index is 1200. The summed E-state index contributed by atoms with van der Waals surface area (Å²) in [6.07, 6.45) is 5.19. The normalized spacial score (nSPS) is 16.2. The van der Waals surface area contributed by atoms with Crippen LogP contribution >= 0.6 is 0 Å². The van der Waals surface area contributed by atoms with Gasteiger partial charge in [-0.1, -0.05) is 18.2 Å². The van der Waals surface area contributed by atoms with Crippen molar-refractivity contribution in [3.05, 3.63) is 53.1 Å². The first-order valence-corrected chi connectivity index (χ1v) is 13.0. The zero-order valence-corrected chi connectivity index (χ0v) is 19.5. The summed E-state index contributed by atoms with van der Waals surface area (Å²) in [5, 5.41) is 12.3. The van der Waals surface area contributed by atoms with Gasteiger partial charge in [0.25, 0.3) is 12.2 Å². The number of ether oxygens (including phenoxy) is 2. The van der Waals surface area contributed by atoms with E-state index in [0.717, 1.165) is 24.1 Å². The number of nitriles is 1. The predicted octanol–water partition coefficient (Wildman–Crippen LogP) is 3.51. The highest BCUT2D eigenvalue weighted by Gasteiger charge is 2.37. The first-order valence-electron chi connectivity index (χ1n) is 11.0. The van der Waals surface area contributed by atoms with Crippen LogP contribution in [-0.2, 0) is 16.4 Å². The third-order valence-corrected chi connectivity index (χ3v) is 6.81. The molecule has 2 aromatic rings. The largest absolute Gasteiger partial charge is 0.490 e. The Labute approximate surface area is 194 Å². The fraction of sp³-hybridized carbons (Fsp3) is 0.417. The van der Waals surface area contributed by atoms with Gasteiger partial charge in [0.05, 0.1) is 24.0 Å². The van der Waals surface area contributed by atoms with Crippen LogP contribution in [0.5, 0.6) is 11.5 Å². The molecule has 1 atom stereocenters. The third kappa shape index (κ3) is 5.22. The predicted molar refractivity (Wildman–Crippen MR) is 124 cm³/mol. The van der Waals surface area contributed by atoms with E-state index in [1.54, 1.807) is 36.3 Å². The van der Waals surface area contributed by atoms with Crippen molar-refractivity contribution in [1.82, 2.24) is 4.90 Å². The lowest BCUT2D eigenvalue weighted by molar-refractivity contribution is 0.0719. The standard InChI is InChI=1S/C24H27N3O5S/c1-3-31-22-11-17(9-10-21(22)32-15-25)20(14-33(2,29)30)27-13-18-5-4-6-19(23(18)24(27)28)26-12-16-7-8-16/h4-6,9-11,16,20,26H,3,7-8,12-14H2,1-2H3. The van der Waals surface area contributed by atoms with E-state index in [0.29, 0.717) is 35.9 Å². The molecule has 0 saturated heterocycles. The molecule has 2 aromatic carbocycles. The lowest BCUT2D eigenvalue weighted by Crippen LogP contribution is -2.34. The Balaban J connectivity index is 1.69. The van der Waals surface area contributed by atoms with Crippen molar-refractivity contribution in [3.63, 3.8) is 0 Å². The van der Waals surface area contributed by atoms with Gasteiger partial charge in [-0.2, -0.15) is 0 Å². The van der Waals surface area contributed by atoms with Gasteiger partial charge < -0.3 is 19.7 Å². The second kappa shape index (κ2) is 9.32. The molecule has 0 bridgehead atoms. The van der Waals surface area contributed by atoms with Gasteiger partial charge in [0, 0.05) is 25.0 Å². The number of anilines is 1. The van der Waals surface area contributed by atoms with Crippen molar-refractivity contribution < 1.29 is 22.7 Å². The molecule has 33 heavy (non-hydrogen) atoms. The smallest absolute Gasteiger partial charge is 0.292 e. The van der Waals surface area contributed by atoms with E-state index < -0.39 is 15.9 Å². The summed E-state index contributed by atoms with van der Waals surface area (Å²) < 4.78 is 35.2. The summed E-state index contributed by atoms with van der Waals surface area (Å²) in [6.45, 7) is 3.28. The molecule has 0 radical (unpaired) electrons. The zero-order chi connectivity index (χ0) is 23.6. The van der Waals surface area contributed by atoms with Gasteiger partial charge in [0.15, 0.2) is 11.5 Å². The molecule has 0 spiro atoms. The molecular weight excluding hydrogens is 442 g/mol. The van der Waals surface area contributed by atoms with E-state index in [2.05, 4.69) is 5.32 Å². The number of nitrogens with one attached hydrogen (secondary N) is 1. The van der Waals surface area contributed by atoms with Crippen molar-refractivity contribution in [3.8, 4) is 17.8 Å². The summed E-state index contributed by atoms with van der Waals surface area (Å²) in [5.74, 6) is 0.780. The van der Waals surface area contributed by atoms with Crippen LogP contribution < -0.4 is 14.8 Å². The van der Waals surface area contributed by atoms with Gasteiger partial charge in [-0.3, -0.25) is 4.79 Å². The quantitative estimate of drug-likeness (QED) is 0.530. The molecular formula is C24H27N3O5S. The summed E-state index contributed by atoms with van der Waals surface area (Å²) in [5.41, 5.74) is 2.86. The van der Waals surface area contributed by atoms with Crippen molar-refractivity contribution in [1.29, 1.82) is 5.26 Å². The molecule has 2 aliphatic rings. The number of sulfone groups is 1. The summed E-state index contributed by atoms with van der Waals surface area (Å²) in [6, 6.07) is 9.89. The molecule has 1 aliphatic carbocycles. The minimum Gasteiger partial charge on any atom is -0.490 e. The van der Waals surface area contributed by atoms with Crippen molar-refractivity contribution >= 4 is 21.4 Å². The van der Waals surface area contributed by atoms with Gasteiger partial charge in [0.1, 0.15) is 9.84 Å². The summed E-state index contributed by atoms with van der Waals surface area (Å²) in [4.78, 5) is 15.2. The van der Waals surface area contributed by atoms with Gasteiger partial charge in [-0.25, -0.2) is 8.42 Å². The highest BCUT2D eigenvalue weighted by atomic mass is 32.2. The number of carbonyl (C=O) groups is 1. The maximum absolute atomic E-state index is 13.6. The fourth-order valence-electron chi connectivity index (χ4n) is 4.15. The topological polar surface area (TPSA) is 109 Å². The number of hydrogen-bond acceptors (Lipinski definition) is 7. The molecule has 1 unspecified atom stereocenters. The molecule has 1 aliphatic heterocycles. The van der Waals surface area contributed by atoms with Crippen LogP contribution in [-0.4, -0.2) is 44.4 Å². The SMILES string of the molecule is CCOc1cc(C(CS(C)(=O)=O)N2Cc3cccc(NCC4CC4)c3C2=O)ccc1OC#N. The van der Waals surface area contributed by atoms with Crippen LogP contribution in [0.15, 0.2) is 36.4 Å². The van der Waals surface area contributed by atoms with Crippen LogP contribution in [0, 0.1) is 17.4 Å². The number of carbonyl (C=O) groups excluding carboxylic acids is 1. The van der Waals surface area contributed by atoms with E-state index >= 15 is 0 Å². The number of amides is 1. The Hall–Kier alpha value is -3.25. The summed E-state index contributed by atoms with van der Waals surface area (Å²) >= 11 is 0. The highest BCUT2D eigenvalue weighted by molar-refractivity contribution is 7.90. The number of fused-ring (bicyclic) bond motifs is 1. The Morgan fingerprint density at radius 3 is 2.70 bits per heavy atom. The average Bonchev–Trinajstić information content (AvgIpc) is 3.54. The molecule has 9 heteroatoms. The van der Waals surface area contributed by atoms with E-state index in [-0.39, 0.29) is 17.4 Å². The molecule has 1 N–H and O–H groups in total. The molecule has 1 saturated carbocycles. The number of hydrogen-bond donors (Lipinski definition) is 1. The summed E-state index contributed by atoms with van der Waals surface area (Å²) in [7, 11) is -3.42. The maximum Gasteiger partial charge on any atom is 0.292 e. The number of nitrogens with zero attached hydrogens (tertiary/aromatic N) is 2. The second-order valence-corrected chi connectivity index (χ2v) is 10.7. The van der Waals surface area contributed by atoms with Gasteiger partial charge in [0.2, 0.25) is 0 Å². The Kier molecular flexibility index (Phi) is 6.47. The van der Waals surface area contributed by atoms with Crippen molar-refractivity contribution in [2.75, 3.05) is 30.5 Å². The Morgan fingerprint density at radius 2 is 2.03 bits per heavy atom. The first-order chi connectivity index (χ1) is 15.8. The van der Waals surface area contributed by atoms with Crippen molar-refractivity contribution in [2.45, 2.75) is 32.4 Å². The van der Waals surface area contributed by atoms with E-state index in [1.807, 2.05) is 18.2 Å². The first kappa shape index (κ1) is 22.9. The zero-order valence-electron chi connectivity index (χ0n) is 18.7. The number of rotatable bonds is 10. The maximum atomic E-state index is 13.6. The lowest BCUT2D eigenvalue weighted by atomic mass is 10.1. The van der Waals surface area contributed by atoms with Gasteiger partial charge in [-0.05, 0) is 55.0 Å². The van der Waals surface area contributed by atoms with Crippen molar-refractivity contribution in [2.24, 2.45) is 5.92 Å². The molecule has 1 amide bonds. The van der Waals surface area contributed by atoms with E-state index in [9.17, 15) is 13.2 Å². The third-order valence-electron chi connectivity index (χ3n) is 5.89. The molecule has 8 nitrogen and oxygen atoms in total. The van der Waals surface area contributed by atoms with Crippen LogP contribution in [0.2, 0.25) is 0 Å². The second-order valence-electron chi connectivity index (χ2n) is 8.54. The lowest BCUT2D eigenvalue weighted by Gasteiger charge is -2.28. The minimum atomic E-state index is -3.42. The van der Waals surface area contributed by atoms with E-state index in [4.69, 9.17) is 14.7 Å². The van der Waals surface area contributed by atoms with Crippen LogP contribution in [0.4, 0.5) is 5.69 Å². The van der Waals surface area contributed by atoms with Gasteiger partial charge >= 0.3 is 0 Å². The fourth-order valence-corrected chi connectivity index (χ4v) is 5.09. The van der Waals surface area contributed by atoms with Crippen LogP contribution in [0.25, 0.3) is 0 Å². The molecule has 1 fully saturated rings. The molecule has 4 rings (SSSR count). The average molecular weight is 470 g/mol. The molecule has 1 heterocycles. The Morgan fingerprint density at radius 1 is 1.24 bits per heavy atom. The van der Waals surface area contributed by atoms with Crippen LogP contribution in [0.3, 0.4) is 0 Å². The molecule has 0 aromatic heterocycles. The van der Waals surface area contributed by atoms with E-state index in [1.165, 1.54) is 12.8 Å². The molecule has 174 valence electrons. The number of benzene rings is 2. The monoisotopic (exact) mass is 469 g/mol. The van der Waals surface area contributed by atoms with Crippen LogP contribution in [0.1, 0.15) is 47.3 Å². The minimum absolute atomic E-state index is 0.201. The highest BCUT2D eigenvalue weighted by Crippen LogP contribution is 2.39.